The Morgan fingerprint density at radius 3 is 2.29 bits per heavy atom. The normalized spacial score (nSPS) is 22.5. The molecule has 3 heterocycles. The van der Waals surface area contributed by atoms with Gasteiger partial charge in [0.05, 0.1) is 6.04 Å². The first kappa shape index (κ1) is 25.0. The van der Waals surface area contributed by atoms with Crippen molar-refractivity contribution in [1.82, 2.24) is 14.9 Å². The van der Waals surface area contributed by atoms with Crippen LogP contribution in [0.1, 0.15) is 85.9 Å². The van der Waals surface area contributed by atoms with Crippen molar-refractivity contribution in [3.05, 3.63) is 82.1 Å². The number of amides is 1. The summed E-state index contributed by atoms with van der Waals surface area (Å²) in [6.45, 7) is 10.4. The van der Waals surface area contributed by atoms with Gasteiger partial charge in [-0.3, -0.25) is 9.78 Å². The van der Waals surface area contributed by atoms with Crippen molar-refractivity contribution in [3.8, 4) is 0 Å². The SMILES string of the molecule is CC(C)C[C@@]1(C(=O)O)C[C@H](c2ccncc2)[C@H](c2nccs2)N1C(=O)c1ccc(C(C)(C)C)cc1. The molecule has 1 aromatic carbocycles. The van der Waals surface area contributed by atoms with Crippen molar-refractivity contribution in [2.45, 2.75) is 70.4 Å². The largest absolute Gasteiger partial charge is 0.479 e. The van der Waals surface area contributed by atoms with E-state index in [9.17, 15) is 14.7 Å². The summed E-state index contributed by atoms with van der Waals surface area (Å²) in [6.07, 6.45) is 5.83. The van der Waals surface area contributed by atoms with Crippen LogP contribution >= 0.6 is 11.3 Å². The minimum absolute atomic E-state index is 0.0481. The third kappa shape index (κ3) is 4.74. The number of carboxylic acid groups (broad SMARTS) is 1. The van der Waals surface area contributed by atoms with E-state index in [1.807, 2.05) is 55.6 Å². The van der Waals surface area contributed by atoms with Crippen molar-refractivity contribution < 1.29 is 14.7 Å². The fraction of sp³-hybridized carbons (Fsp3) is 0.429. The second kappa shape index (κ2) is 9.53. The van der Waals surface area contributed by atoms with Crippen LogP contribution in [-0.2, 0) is 10.2 Å². The van der Waals surface area contributed by atoms with E-state index in [1.165, 1.54) is 11.3 Å². The van der Waals surface area contributed by atoms with E-state index in [-0.39, 0.29) is 23.2 Å². The van der Waals surface area contributed by atoms with Gasteiger partial charge >= 0.3 is 5.97 Å². The lowest BCUT2D eigenvalue weighted by Crippen LogP contribution is -2.54. The molecule has 4 rings (SSSR count). The molecule has 0 radical (unpaired) electrons. The molecule has 2 aromatic heterocycles. The number of aliphatic carboxylic acids is 1. The van der Waals surface area contributed by atoms with Crippen LogP contribution in [-0.4, -0.2) is 37.4 Å². The van der Waals surface area contributed by atoms with E-state index in [0.29, 0.717) is 18.4 Å². The van der Waals surface area contributed by atoms with Crippen LogP contribution in [0.25, 0.3) is 0 Å². The number of hydrogen-bond acceptors (Lipinski definition) is 5. The lowest BCUT2D eigenvalue weighted by atomic mass is 9.82. The van der Waals surface area contributed by atoms with Gasteiger partial charge in [0.15, 0.2) is 0 Å². The van der Waals surface area contributed by atoms with Crippen molar-refractivity contribution in [1.29, 1.82) is 0 Å². The number of benzene rings is 1. The standard InChI is InChI=1S/C28H33N3O3S/c1-18(2)16-28(26(33)34)17-22(19-10-12-29-13-11-19)23(24-30-14-15-35-24)31(28)25(32)20-6-8-21(9-7-20)27(3,4)5/h6-15,18,22-23H,16-17H2,1-5H3,(H,33,34)/t22-,23-,28+/m1/s1. The second-order valence-electron chi connectivity index (χ2n) is 10.8. The van der Waals surface area contributed by atoms with E-state index in [1.54, 1.807) is 23.5 Å². The minimum atomic E-state index is -1.35. The molecule has 1 aliphatic heterocycles. The fourth-order valence-electron chi connectivity index (χ4n) is 5.30. The third-order valence-corrected chi connectivity index (χ3v) is 7.72. The van der Waals surface area contributed by atoms with E-state index in [4.69, 9.17) is 0 Å². The number of thiazole rings is 1. The summed E-state index contributed by atoms with van der Waals surface area (Å²) in [5.74, 6) is -1.37. The summed E-state index contributed by atoms with van der Waals surface area (Å²) in [5.41, 5.74) is 1.18. The summed E-state index contributed by atoms with van der Waals surface area (Å²) >= 11 is 1.46. The van der Waals surface area contributed by atoms with Crippen LogP contribution in [0.5, 0.6) is 0 Å². The molecule has 7 heteroatoms. The number of carboxylic acids is 1. The van der Waals surface area contributed by atoms with Crippen LogP contribution < -0.4 is 0 Å². The number of carbonyl (C=O) groups excluding carboxylic acids is 1. The zero-order chi connectivity index (χ0) is 25.4. The van der Waals surface area contributed by atoms with Crippen molar-refractivity contribution >= 4 is 23.2 Å². The second-order valence-corrected chi connectivity index (χ2v) is 11.8. The highest BCUT2D eigenvalue weighted by Crippen LogP contribution is 2.54. The summed E-state index contributed by atoms with van der Waals surface area (Å²) in [4.78, 5) is 37.6. The molecule has 6 nitrogen and oxygen atoms in total. The van der Waals surface area contributed by atoms with Gasteiger partial charge in [0.25, 0.3) is 5.91 Å². The summed E-state index contributed by atoms with van der Waals surface area (Å²) in [7, 11) is 0. The lowest BCUT2D eigenvalue weighted by molar-refractivity contribution is -0.150. The number of carbonyl (C=O) groups is 2. The van der Waals surface area contributed by atoms with Gasteiger partial charge in [-0.2, -0.15) is 0 Å². The molecule has 3 aromatic rings. The van der Waals surface area contributed by atoms with Gasteiger partial charge in [0.1, 0.15) is 10.5 Å². The highest BCUT2D eigenvalue weighted by Gasteiger charge is 2.59. The summed E-state index contributed by atoms with van der Waals surface area (Å²) < 4.78 is 0. The third-order valence-electron chi connectivity index (χ3n) is 6.88. The average molecular weight is 492 g/mol. The van der Waals surface area contributed by atoms with Gasteiger partial charge in [-0.15, -0.1) is 11.3 Å². The molecule has 1 fully saturated rings. The van der Waals surface area contributed by atoms with Gasteiger partial charge in [0, 0.05) is 35.5 Å². The predicted molar refractivity (Wildman–Crippen MR) is 138 cm³/mol. The number of rotatable bonds is 6. The van der Waals surface area contributed by atoms with E-state index in [2.05, 4.69) is 30.7 Å². The monoisotopic (exact) mass is 491 g/mol. The van der Waals surface area contributed by atoms with Crippen molar-refractivity contribution in [3.63, 3.8) is 0 Å². The van der Waals surface area contributed by atoms with Crippen molar-refractivity contribution in [2.24, 2.45) is 5.92 Å². The number of aromatic nitrogens is 2. The zero-order valence-electron chi connectivity index (χ0n) is 20.9. The molecular formula is C28H33N3O3S. The fourth-order valence-corrected chi connectivity index (χ4v) is 6.09. The van der Waals surface area contributed by atoms with E-state index >= 15 is 0 Å². The van der Waals surface area contributed by atoms with Gasteiger partial charge in [0.2, 0.25) is 0 Å². The molecule has 0 aliphatic carbocycles. The Bertz CT molecular complexity index is 1170. The Kier molecular flexibility index (Phi) is 6.82. The molecule has 1 aliphatic rings. The molecule has 0 unspecified atom stereocenters. The lowest BCUT2D eigenvalue weighted by Gasteiger charge is -2.38. The highest BCUT2D eigenvalue weighted by molar-refractivity contribution is 7.09. The maximum atomic E-state index is 14.2. The van der Waals surface area contributed by atoms with Gasteiger partial charge < -0.3 is 10.0 Å². The molecule has 3 atom stereocenters. The number of hydrogen-bond donors (Lipinski definition) is 1. The molecule has 184 valence electrons. The van der Waals surface area contributed by atoms with Crippen LogP contribution in [0, 0.1) is 5.92 Å². The first-order valence-electron chi connectivity index (χ1n) is 12.0. The highest BCUT2D eigenvalue weighted by atomic mass is 32.1. The van der Waals surface area contributed by atoms with Crippen molar-refractivity contribution in [2.75, 3.05) is 0 Å². The number of pyridine rings is 1. The number of likely N-dealkylation sites (tertiary alicyclic amines) is 1. The average Bonchev–Trinajstić information content (AvgIpc) is 3.45. The summed E-state index contributed by atoms with van der Waals surface area (Å²) in [6, 6.07) is 10.9. The minimum Gasteiger partial charge on any atom is -0.479 e. The van der Waals surface area contributed by atoms with Gasteiger partial charge in [-0.25, -0.2) is 9.78 Å². The van der Waals surface area contributed by atoms with Gasteiger partial charge in [-0.05, 0) is 59.6 Å². The Morgan fingerprint density at radius 1 is 1.11 bits per heavy atom. The van der Waals surface area contributed by atoms with Gasteiger partial charge in [-0.1, -0.05) is 46.8 Å². The quantitative estimate of drug-likeness (QED) is 0.452. The molecular weight excluding hydrogens is 458 g/mol. The molecule has 0 bridgehead atoms. The molecule has 1 N–H and O–H groups in total. The van der Waals surface area contributed by atoms with Crippen LogP contribution in [0.2, 0.25) is 0 Å². The first-order chi connectivity index (χ1) is 16.5. The topological polar surface area (TPSA) is 83.4 Å². The Morgan fingerprint density at radius 2 is 1.77 bits per heavy atom. The van der Waals surface area contributed by atoms with Crippen LogP contribution in [0.3, 0.4) is 0 Å². The summed E-state index contributed by atoms with van der Waals surface area (Å²) in [5, 5.41) is 13.3. The maximum Gasteiger partial charge on any atom is 0.329 e. The molecule has 35 heavy (non-hydrogen) atoms. The Labute approximate surface area is 211 Å². The van der Waals surface area contributed by atoms with E-state index < -0.39 is 17.6 Å². The van der Waals surface area contributed by atoms with Crippen LogP contribution in [0.4, 0.5) is 0 Å². The molecule has 1 amide bonds. The first-order valence-corrected chi connectivity index (χ1v) is 12.9. The zero-order valence-corrected chi connectivity index (χ0v) is 21.7. The van der Waals surface area contributed by atoms with E-state index in [0.717, 1.165) is 16.1 Å². The maximum absolute atomic E-state index is 14.2. The van der Waals surface area contributed by atoms with Crippen LogP contribution in [0.15, 0.2) is 60.4 Å². The Balaban J connectivity index is 1.89. The molecule has 1 saturated heterocycles. The molecule has 0 saturated carbocycles. The molecule has 0 spiro atoms. The number of nitrogens with zero attached hydrogens (tertiary/aromatic N) is 3. The smallest absolute Gasteiger partial charge is 0.329 e. The Hall–Kier alpha value is -3.06. The predicted octanol–water partition coefficient (Wildman–Crippen LogP) is 6.08.